The highest BCUT2D eigenvalue weighted by Crippen LogP contribution is 1.97. The molecule has 5 nitrogen and oxygen atoms in total. The minimum absolute atomic E-state index is 0.0551. The van der Waals surface area contributed by atoms with Crippen LogP contribution in [0.2, 0.25) is 0 Å². The third kappa shape index (κ3) is 5.71. The summed E-state index contributed by atoms with van der Waals surface area (Å²) in [5.41, 5.74) is 5.27. The van der Waals surface area contributed by atoms with Crippen molar-refractivity contribution in [2.45, 2.75) is 12.8 Å². The van der Waals surface area contributed by atoms with Gasteiger partial charge in [0, 0.05) is 32.6 Å². The summed E-state index contributed by atoms with van der Waals surface area (Å²) in [4.78, 5) is 13.4. The van der Waals surface area contributed by atoms with Gasteiger partial charge < -0.3 is 15.8 Å². The van der Waals surface area contributed by atoms with Crippen molar-refractivity contribution in [3.63, 3.8) is 0 Å². The van der Waals surface area contributed by atoms with Gasteiger partial charge in [0.1, 0.15) is 0 Å². The van der Waals surface area contributed by atoms with Crippen molar-refractivity contribution >= 4 is 5.91 Å². The molecule has 0 aromatic heterocycles. The summed E-state index contributed by atoms with van der Waals surface area (Å²) < 4.78 is 5.25. The number of carbonyl (C=O) groups is 1. The first-order valence-corrected chi connectivity index (χ1v) is 5.60. The summed E-state index contributed by atoms with van der Waals surface area (Å²) in [5.74, 6) is 0.0551. The molecule has 1 aliphatic rings. The molecule has 1 rings (SSSR count). The summed E-state index contributed by atoms with van der Waals surface area (Å²) in [6, 6.07) is 0. The fraction of sp³-hybridized carbons (Fsp3) is 0.900. The molecule has 0 atom stereocenters. The lowest BCUT2D eigenvalue weighted by Gasteiger charge is -2.26. The molecular weight excluding hydrogens is 194 g/mol. The molecule has 0 unspecified atom stereocenters. The second-order valence-corrected chi connectivity index (χ2v) is 3.70. The molecule has 15 heavy (non-hydrogen) atoms. The number of rotatable bonds is 6. The molecule has 3 N–H and O–H groups in total. The van der Waals surface area contributed by atoms with E-state index >= 15 is 0 Å². The largest absolute Gasteiger partial charge is 0.379 e. The second kappa shape index (κ2) is 7.62. The van der Waals surface area contributed by atoms with Gasteiger partial charge in [-0.15, -0.1) is 0 Å². The van der Waals surface area contributed by atoms with Gasteiger partial charge in [0.25, 0.3) is 0 Å². The van der Waals surface area contributed by atoms with Crippen molar-refractivity contribution in [2.75, 3.05) is 45.9 Å². The van der Waals surface area contributed by atoms with Crippen LogP contribution in [-0.2, 0) is 9.53 Å². The van der Waals surface area contributed by atoms with Gasteiger partial charge in [0.15, 0.2) is 0 Å². The van der Waals surface area contributed by atoms with Gasteiger partial charge in [-0.3, -0.25) is 9.69 Å². The van der Waals surface area contributed by atoms with E-state index in [9.17, 15) is 4.79 Å². The van der Waals surface area contributed by atoms with Crippen LogP contribution in [0.3, 0.4) is 0 Å². The lowest BCUT2D eigenvalue weighted by Crippen LogP contribution is -2.38. The zero-order valence-electron chi connectivity index (χ0n) is 9.21. The lowest BCUT2D eigenvalue weighted by atomic mass is 10.3. The van der Waals surface area contributed by atoms with Gasteiger partial charge in [0.05, 0.1) is 13.2 Å². The van der Waals surface area contributed by atoms with Crippen LogP contribution in [0.4, 0.5) is 0 Å². The van der Waals surface area contributed by atoms with E-state index in [2.05, 4.69) is 10.2 Å². The Bertz CT molecular complexity index is 182. The molecule has 5 heteroatoms. The Hall–Kier alpha value is -0.650. The van der Waals surface area contributed by atoms with E-state index in [1.165, 1.54) is 0 Å². The van der Waals surface area contributed by atoms with Crippen LogP contribution in [-0.4, -0.2) is 56.7 Å². The van der Waals surface area contributed by atoms with Gasteiger partial charge in [-0.05, 0) is 13.0 Å². The molecule has 1 saturated heterocycles. The molecule has 1 aliphatic heterocycles. The molecule has 0 bridgehead atoms. The van der Waals surface area contributed by atoms with E-state index in [1.54, 1.807) is 0 Å². The molecule has 1 amide bonds. The number of nitrogens with two attached hydrogens (primary N) is 1. The van der Waals surface area contributed by atoms with Crippen LogP contribution in [0, 0.1) is 0 Å². The van der Waals surface area contributed by atoms with Crippen molar-refractivity contribution in [2.24, 2.45) is 5.73 Å². The van der Waals surface area contributed by atoms with Crippen molar-refractivity contribution in [1.29, 1.82) is 0 Å². The molecule has 0 saturated carbocycles. The topological polar surface area (TPSA) is 67.6 Å². The summed E-state index contributed by atoms with van der Waals surface area (Å²) in [6.45, 7) is 5.89. The van der Waals surface area contributed by atoms with Gasteiger partial charge in [0.2, 0.25) is 5.91 Å². The fourth-order valence-electron chi connectivity index (χ4n) is 1.57. The maximum atomic E-state index is 11.1. The predicted octanol–water partition coefficient (Wildman–Crippen LogP) is -0.826. The first kappa shape index (κ1) is 12.4. The Labute approximate surface area is 90.9 Å². The number of carbonyl (C=O) groups excluding carboxylic acids is 1. The van der Waals surface area contributed by atoms with E-state index < -0.39 is 0 Å². The van der Waals surface area contributed by atoms with Crippen molar-refractivity contribution in [1.82, 2.24) is 10.2 Å². The van der Waals surface area contributed by atoms with Gasteiger partial charge in [-0.2, -0.15) is 0 Å². The van der Waals surface area contributed by atoms with E-state index in [0.29, 0.717) is 13.0 Å². The van der Waals surface area contributed by atoms with Gasteiger partial charge >= 0.3 is 0 Å². The summed E-state index contributed by atoms with van der Waals surface area (Å²) in [5, 5.41) is 2.85. The van der Waals surface area contributed by atoms with Crippen molar-refractivity contribution < 1.29 is 9.53 Å². The Balaban J connectivity index is 1.93. The molecule has 0 aromatic rings. The number of nitrogens with one attached hydrogen (secondary N) is 1. The predicted molar refractivity (Wildman–Crippen MR) is 58.6 cm³/mol. The Morgan fingerprint density at radius 1 is 1.40 bits per heavy atom. The number of morpholine rings is 1. The fourth-order valence-corrected chi connectivity index (χ4v) is 1.57. The van der Waals surface area contributed by atoms with Gasteiger partial charge in [-0.1, -0.05) is 0 Å². The lowest BCUT2D eigenvalue weighted by molar-refractivity contribution is -0.120. The number of amides is 1. The minimum atomic E-state index is 0.0551. The van der Waals surface area contributed by atoms with Crippen molar-refractivity contribution in [3.8, 4) is 0 Å². The third-order valence-corrected chi connectivity index (χ3v) is 2.45. The SMILES string of the molecule is NCCC(=O)NCCCN1CCOCC1. The normalized spacial score (nSPS) is 17.7. The van der Waals surface area contributed by atoms with Gasteiger partial charge in [-0.25, -0.2) is 0 Å². The van der Waals surface area contributed by atoms with E-state index in [-0.39, 0.29) is 5.91 Å². The average Bonchev–Trinajstić information content (AvgIpc) is 2.26. The smallest absolute Gasteiger partial charge is 0.221 e. The number of ether oxygens (including phenoxy) is 1. The third-order valence-electron chi connectivity index (χ3n) is 2.45. The maximum absolute atomic E-state index is 11.1. The molecule has 0 aliphatic carbocycles. The van der Waals surface area contributed by atoms with Crippen molar-refractivity contribution in [3.05, 3.63) is 0 Å². The van der Waals surface area contributed by atoms with Crippen LogP contribution in [0.15, 0.2) is 0 Å². The van der Waals surface area contributed by atoms with Crippen LogP contribution >= 0.6 is 0 Å². The molecular formula is C10H21N3O2. The van der Waals surface area contributed by atoms with Crippen LogP contribution < -0.4 is 11.1 Å². The molecule has 0 spiro atoms. The summed E-state index contributed by atoms with van der Waals surface area (Å²) in [7, 11) is 0. The Morgan fingerprint density at radius 2 is 2.13 bits per heavy atom. The minimum Gasteiger partial charge on any atom is -0.379 e. The molecule has 88 valence electrons. The molecule has 0 aromatic carbocycles. The standard InChI is InChI=1S/C10H21N3O2/c11-3-2-10(14)12-4-1-5-13-6-8-15-9-7-13/h1-9,11H2,(H,12,14). The van der Waals surface area contributed by atoms with Crippen LogP contribution in [0.25, 0.3) is 0 Å². The number of nitrogens with zero attached hydrogens (tertiary/aromatic N) is 1. The molecule has 1 fully saturated rings. The zero-order valence-corrected chi connectivity index (χ0v) is 9.21. The van der Waals surface area contributed by atoms with Crippen LogP contribution in [0.1, 0.15) is 12.8 Å². The van der Waals surface area contributed by atoms with E-state index in [1.807, 2.05) is 0 Å². The molecule has 1 heterocycles. The highest BCUT2D eigenvalue weighted by molar-refractivity contribution is 5.75. The molecule has 0 radical (unpaired) electrons. The number of hydrogen-bond acceptors (Lipinski definition) is 4. The van der Waals surface area contributed by atoms with Crippen LogP contribution in [0.5, 0.6) is 0 Å². The summed E-state index contributed by atoms with van der Waals surface area (Å²) >= 11 is 0. The van der Waals surface area contributed by atoms with E-state index in [0.717, 1.165) is 45.8 Å². The monoisotopic (exact) mass is 215 g/mol. The highest BCUT2D eigenvalue weighted by atomic mass is 16.5. The average molecular weight is 215 g/mol. The highest BCUT2D eigenvalue weighted by Gasteiger charge is 2.09. The Kier molecular flexibility index (Phi) is 6.31. The van der Waals surface area contributed by atoms with E-state index in [4.69, 9.17) is 10.5 Å². The summed E-state index contributed by atoms with van der Waals surface area (Å²) in [6.07, 6.45) is 1.42. The first-order chi connectivity index (χ1) is 7.33. The number of hydrogen-bond donors (Lipinski definition) is 2. The zero-order chi connectivity index (χ0) is 10.9. The quantitative estimate of drug-likeness (QED) is 0.568. The first-order valence-electron chi connectivity index (χ1n) is 5.60. The second-order valence-electron chi connectivity index (χ2n) is 3.70. The Morgan fingerprint density at radius 3 is 2.80 bits per heavy atom. The maximum Gasteiger partial charge on any atom is 0.221 e.